The molecular weight excluding hydrogens is 378 g/mol. The molecule has 0 saturated heterocycles. The minimum atomic E-state index is 0.422. The lowest BCUT2D eigenvalue weighted by molar-refractivity contribution is 0.306. The molecular formula is C21H18ClN3OS. The van der Waals surface area contributed by atoms with Crippen LogP contribution in [0.25, 0.3) is 0 Å². The Kier molecular flexibility index (Phi) is 6.79. The topological polar surface area (TPSA) is 45.7 Å². The molecule has 0 atom stereocenters. The van der Waals surface area contributed by atoms with Crippen LogP contribution in [0.3, 0.4) is 0 Å². The molecule has 0 amide bonds. The number of para-hydroxylation sites is 1. The number of rotatable bonds is 6. The fourth-order valence-electron chi connectivity index (χ4n) is 2.32. The van der Waals surface area contributed by atoms with Crippen LogP contribution in [-0.2, 0) is 6.61 Å². The zero-order valence-electron chi connectivity index (χ0n) is 14.4. The van der Waals surface area contributed by atoms with Gasteiger partial charge in [0.15, 0.2) is 5.11 Å². The molecule has 6 heteroatoms. The van der Waals surface area contributed by atoms with Crippen molar-refractivity contribution in [2.24, 2.45) is 5.10 Å². The first-order valence-electron chi connectivity index (χ1n) is 8.31. The second kappa shape index (κ2) is 9.71. The van der Waals surface area contributed by atoms with Gasteiger partial charge >= 0.3 is 0 Å². The third-order valence-corrected chi connectivity index (χ3v) is 3.99. The third kappa shape index (κ3) is 6.40. The number of nitrogens with zero attached hydrogens (tertiary/aromatic N) is 1. The van der Waals surface area contributed by atoms with Crippen molar-refractivity contribution in [2.45, 2.75) is 6.61 Å². The van der Waals surface area contributed by atoms with Crippen molar-refractivity contribution in [3.8, 4) is 5.75 Å². The van der Waals surface area contributed by atoms with Gasteiger partial charge in [0.05, 0.1) is 6.21 Å². The van der Waals surface area contributed by atoms with Crippen LogP contribution in [-0.4, -0.2) is 11.3 Å². The Labute approximate surface area is 168 Å². The Bertz CT molecular complexity index is 931. The molecule has 0 unspecified atom stereocenters. The van der Waals surface area contributed by atoms with E-state index in [4.69, 9.17) is 28.6 Å². The molecule has 0 fully saturated rings. The number of ether oxygens (including phenoxy) is 1. The minimum Gasteiger partial charge on any atom is -0.489 e. The average molecular weight is 396 g/mol. The number of halogens is 1. The average Bonchev–Trinajstić information content (AvgIpc) is 2.68. The van der Waals surface area contributed by atoms with Crippen LogP contribution in [0.15, 0.2) is 84.0 Å². The van der Waals surface area contributed by atoms with E-state index in [0.717, 1.165) is 22.6 Å². The Morgan fingerprint density at radius 2 is 1.81 bits per heavy atom. The Balaban J connectivity index is 1.52. The Morgan fingerprint density at radius 1 is 1.00 bits per heavy atom. The fourth-order valence-corrected chi connectivity index (χ4v) is 2.71. The van der Waals surface area contributed by atoms with Crippen LogP contribution in [0.4, 0.5) is 5.69 Å². The number of hydrazone groups is 1. The molecule has 0 aliphatic rings. The number of thiocarbonyl (C=S) groups is 1. The molecule has 0 saturated carbocycles. The quantitative estimate of drug-likeness (QED) is 0.340. The lowest BCUT2D eigenvalue weighted by Gasteiger charge is -2.08. The summed E-state index contributed by atoms with van der Waals surface area (Å²) in [7, 11) is 0. The summed E-state index contributed by atoms with van der Waals surface area (Å²) in [6, 6.07) is 24.9. The molecule has 0 spiro atoms. The summed E-state index contributed by atoms with van der Waals surface area (Å²) in [5.41, 5.74) is 5.61. The molecule has 4 nitrogen and oxygen atoms in total. The zero-order chi connectivity index (χ0) is 18.9. The van der Waals surface area contributed by atoms with E-state index in [9.17, 15) is 0 Å². The van der Waals surface area contributed by atoms with Gasteiger partial charge in [-0.2, -0.15) is 5.10 Å². The van der Waals surface area contributed by atoms with E-state index in [-0.39, 0.29) is 0 Å². The summed E-state index contributed by atoms with van der Waals surface area (Å²) < 4.78 is 5.82. The van der Waals surface area contributed by atoms with Crippen LogP contribution in [0, 0.1) is 0 Å². The minimum absolute atomic E-state index is 0.422. The highest BCUT2D eigenvalue weighted by atomic mass is 35.5. The molecule has 0 aliphatic carbocycles. The van der Waals surface area contributed by atoms with Crippen molar-refractivity contribution >= 4 is 40.8 Å². The molecule has 0 heterocycles. The van der Waals surface area contributed by atoms with Crippen molar-refractivity contribution in [3.63, 3.8) is 0 Å². The molecule has 27 heavy (non-hydrogen) atoms. The summed E-state index contributed by atoms with van der Waals surface area (Å²) >= 11 is 11.2. The maximum Gasteiger partial charge on any atom is 0.191 e. The van der Waals surface area contributed by atoms with Crippen LogP contribution in [0.2, 0.25) is 5.02 Å². The normalized spacial score (nSPS) is 10.6. The highest BCUT2D eigenvalue weighted by Gasteiger charge is 1.99. The smallest absolute Gasteiger partial charge is 0.191 e. The van der Waals surface area contributed by atoms with E-state index < -0.39 is 0 Å². The van der Waals surface area contributed by atoms with Crippen molar-refractivity contribution < 1.29 is 4.74 Å². The van der Waals surface area contributed by atoms with Crippen LogP contribution < -0.4 is 15.5 Å². The summed E-state index contributed by atoms with van der Waals surface area (Å²) in [4.78, 5) is 0. The summed E-state index contributed by atoms with van der Waals surface area (Å²) in [5.74, 6) is 0.754. The monoisotopic (exact) mass is 395 g/mol. The van der Waals surface area contributed by atoms with E-state index in [1.165, 1.54) is 0 Å². The first kappa shape index (κ1) is 18.9. The van der Waals surface area contributed by atoms with E-state index in [1.807, 2.05) is 78.9 Å². The van der Waals surface area contributed by atoms with Gasteiger partial charge in [-0.3, -0.25) is 5.43 Å². The summed E-state index contributed by atoms with van der Waals surface area (Å²) in [5, 5.41) is 8.33. The van der Waals surface area contributed by atoms with Crippen molar-refractivity contribution in [2.75, 3.05) is 5.32 Å². The van der Waals surface area contributed by atoms with Crippen molar-refractivity contribution in [3.05, 3.63) is 95.0 Å². The number of anilines is 1. The van der Waals surface area contributed by atoms with Gasteiger partial charge in [-0.15, -0.1) is 0 Å². The maximum atomic E-state index is 5.99. The predicted octanol–water partition coefficient (Wildman–Crippen LogP) is 5.24. The molecule has 136 valence electrons. The second-order valence-electron chi connectivity index (χ2n) is 5.68. The van der Waals surface area contributed by atoms with Crippen LogP contribution >= 0.6 is 23.8 Å². The van der Waals surface area contributed by atoms with Crippen LogP contribution in [0.1, 0.15) is 11.1 Å². The van der Waals surface area contributed by atoms with Gasteiger partial charge in [-0.1, -0.05) is 54.1 Å². The van der Waals surface area contributed by atoms with E-state index in [0.29, 0.717) is 16.7 Å². The zero-order valence-corrected chi connectivity index (χ0v) is 16.0. The Hall–Kier alpha value is -2.89. The molecule has 3 aromatic rings. The van der Waals surface area contributed by atoms with Gasteiger partial charge in [0, 0.05) is 10.7 Å². The number of hydrogen-bond acceptors (Lipinski definition) is 3. The standard InChI is InChI=1S/C21H18ClN3OS/c22-18-8-4-7-17(12-18)15-26-20-11-5-6-16(13-20)14-23-25-21(27)24-19-9-2-1-3-10-19/h1-14H,15H2,(H2,24,25,27)/b23-14+. The van der Waals surface area contributed by atoms with Crippen molar-refractivity contribution in [1.29, 1.82) is 0 Å². The Morgan fingerprint density at radius 3 is 2.63 bits per heavy atom. The predicted molar refractivity (Wildman–Crippen MR) is 116 cm³/mol. The molecule has 0 radical (unpaired) electrons. The summed E-state index contributed by atoms with van der Waals surface area (Å²) in [6.07, 6.45) is 1.69. The molecule has 0 aliphatic heterocycles. The maximum absolute atomic E-state index is 5.99. The van der Waals surface area contributed by atoms with E-state index >= 15 is 0 Å². The number of hydrogen-bond donors (Lipinski definition) is 2. The van der Waals surface area contributed by atoms with Gasteiger partial charge in [0.2, 0.25) is 0 Å². The lowest BCUT2D eigenvalue weighted by Crippen LogP contribution is -2.23. The van der Waals surface area contributed by atoms with Gasteiger partial charge in [0.1, 0.15) is 12.4 Å². The summed E-state index contributed by atoms with van der Waals surface area (Å²) in [6.45, 7) is 0.449. The van der Waals surface area contributed by atoms with Gasteiger partial charge in [0.25, 0.3) is 0 Å². The second-order valence-corrected chi connectivity index (χ2v) is 6.53. The highest BCUT2D eigenvalue weighted by molar-refractivity contribution is 7.80. The molecule has 2 N–H and O–H groups in total. The largest absolute Gasteiger partial charge is 0.489 e. The third-order valence-electron chi connectivity index (χ3n) is 3.56. The first-order chi connectivity index (χ1) is 13.2. The van der Waals surface area contributed by atoms with E-state index in [2.05, 4.69) is 15.8 Å². The van der Waals surface area contributed by atoms with Gasteiger partial charge in [-0.05, 0) is 59.7 Å². The molecule has 0 bridgehead atoms. The highest BCUT2D eigenvalue weighted by Crippen LogP contribution is 2.16. The SMILES string of the molecule is S=C(N/N=C/c1cccc(OCc2cccc(Cl)c2)c1)Nc1ccccc1. The van der Waals surface area contributed by atoms with Gasteiger partial charge < -0.3 is 10.1 Å². The number of nitrogens with one attached hydrogen (secondary N) is 2. The molecule has 3 aromatic carbocycles. The van der Waals surface area contributed by atoms with Crippen molar-refractivity contribution in [1.82, 2.24) is 5.43 Å². The number of benzene rings is 3. The van der Waals surface area contributed by atoms with Crippen LogP contribution in [0.5, 0.6) is 5.75 Å². The molecule has 0 aromatic heterocycles. The van der Waals surface area contributed by atoms with Gasteiger partial charge in [-0.25, -0.2) is 0 Å². The lowest BCUT2D eigenvalue weighted by atomic mass is 10.2. The fraction of sp³-hybridized carbons (Fsp3) is 0.0476. The first-order valence-corrected chi connectivity index (χ1v) is 9.10. The molecule has 3 rings (SSSR count). The van der Waals surface area contributed by atoms with E-state index in [1.54, 1.807) is 6.21 Å².